The number of nitrogens with one attached hydrogen (secondary N) is 2. The van der Waals surface area contributed by atoms with Crippen molar-refractivity contribution in [2.75, 3.05) is 0 Å². The van der Waals surface area contributed by atoms with Gasteiger partial charge in [-0.25, -0.2) is 9.18 Å². The highest BCUT2D eigenvalue weighted by molar-refractivity contribution is 6.07. The largest absolute Gasteiger partial charge is 0.419 e. The molecule has 1 saturated heterocycles. The van der Waals surface area contributed by atoms with Crippen LogP contribution in [0.1, 0.15) is 43.6 Å². The van der Waals surface area contributed by atoms with Crippen molar-refractivity contribution in [3.05, 3.63) is 82.1 Å². The van der Waals surface area contributed by atoms with E-state index in [-0.39, 0.29) is 29.0 Å². The van der Waals surface area contributed by atoms with Crippen LogP contribution in [0.5, 0.6) is 0 Å². The summed E-state index contributed by atoms with van der Waals surface area (Å²) in [7, 11) is 0. The molecule has 2 amide bonds. The van der Waals surface area contributed by atoms with E-state index in [9.17, 15) is 18.8 Å². The smallest absolute Gasteiger partial charge is 0.404 e. The number of benzene rings is 2. The molecule has 3 aromatic rings. The zero-order valence-electron chi connectivity index (χ0n) is 17.9. The molecule has 33 heavy (non-hydrogen) atoms. The van der Waals surface area contributed by atoms with E-state index < -0.39 is 12.0 Å². The van der Waals surface area contributed by atoms with Crippen LogP contribution in [0.2, 0.25) is 0 Å². The van der Waals surface area contributed by atoms with Crippen molar-refractivity contribution in [3.8, 4) is 11.3 Å². The Morgan fingerprint density at radius 2 is 1.82 bits per heavy atom. The van der Waals surface area contributed by atoms with Crippen LogP contribution in [-0.2, 0) is 9.53 Å². The molecule has 168 valence electrons. The third-order valence-electron chi connectivity index (χ3n) is 6.57. The first-order valence-electron chi connectivity index (χ1n) is 11.2. The lowest BCUT2D eigenvalue weighted by Gasteiger charge is -2.28. The van der Waals surface area contributed by atoms with Crippen molar-refractivity contribution < 1.29 is 18.7 Å². The van der Waals surface area contributed by atoms with Crippen LogP contribution >= 0.6 is 0 Å². The van der Waals surface area contributed by atoms with Gasteiger partial charge in [0.2, 0.25) is 0 Å². The SMILES string of the molecule is O=C1NC(=O)/C(=C/C(c2ccc(-c3ccc4cccc(F)c4c3)[nH]c2=O)C2CCCCC2)O1. The second kappa shape index (κ2) is 8.65. The van der Waals surface area contributed by atoms with Gasteiger partial charge in [0, 0.05) is 22.6 Å². The van der Waals surface area contributed by atoms with Gasteiger partial charge in [0.25, 0.3) is 11.5 Å². The van der Waals surface area contributed by atoms with Crippen molar-refractivity contribution in [1.82, 2.24) is 10.3 Å². The summed E-state index contributed by atoms with van der Waals surface area (Å²) in [6, 6.07) is 13.8. The minimum absolute atomic E-state index is 0.0657. The van der Waals surface area contributed by atoms with Crippen molar-refractivity contribution in [1.29, 1.82) is 0 Å². The predicted octanol–water partition coefficient (Wildman–Crippen LogP) is 5.15. The lowest BCUT2D eigenvalue weighted by Crippen LogP contribution is -2.24. The molecule has 2 aliphatic rings. The first kappa shape index (κ1) is 21.1. The summed E-state index contributed by atoms with van der Waals surface area (Å²) in [5, 5.41) is 3.37. The number of imide groups is 1. The Bertz CT molecular complexity index is 1340. The van der Waals surface area contributed by atoms with E-state index >= 15 is 0 Å². The Morgan fingerprint density at radius 1 is 1.00 bits per heavy atom. The van der Waals surface area contributed by atoms with E-state index in [1.54, 1.807) is 30.3 Å². The quantitative estimate of drug-likeness (QED) is 0.543. The molecule has 5 rings (SSSR count). The summed E-state index contributed by atoms with van der Waals surface area (Å²) < 4.78 is 19.3. The molecule has 0 spiro atoms. The van der Waals surface area contributed by atoms with Gasteiger partial charge < -0.3 is 9.72 Å². The van der Waals surface area contributed by atoms with Crippen LogP contribution in [0.3, 0.4) is 0 Å². The number of alkyl carbamates (subject to hydrolysis) is 1. The van der Waals surface area contributed by atoms with Crippen molar-refractivity contribution in [2.45, 2.75) is 38.0 Å². The maximum absolute atomic E-state index is 14.2. The van der Waals surface area contributed by atoms with Gasteiger partial charge in [0.05, 0.1) is 0 Å². The molecule has 0 radical (unpaired) electrons. The van der Waals surface area contributed by atoms with E-state index in [2.05, 4.69) is 10.3 Å². The summed E-state index contributed by atoms with van der Waals surface area (Å²) in [5.41, 5.74) is 1.51. The Labute approximate surface area is 189 Å². The standard InChI is InChI=1S/C26H23FN2O4/c27-21-8-4-7-16-9-10-17(13-20(16)21)22-12-11-18(24(30)28-22)19(15-5-2-1-3-6-15)14-23-25(31)29-26(32)33-23/h4,7-15,19H,1-3,5-6H2,(H,28,30)(H,29,31,32)/b23-14-. The first-order chi connectivity index (χ1) is 16.0. The minimum atomic E-state index is -0.804. The van der Waals surface area contributed by atoms with Gasteiger partial charge in [0.1, 0.15) is 5.82 Å². The van der Waals surface area contributed by atoms with E-state index in [1.165, 1.54) is 6.07 Å². The van der Waals surface area contributed by atoms with E-state index in [0.717, 1.165) is 37.5 Å². The molecule has 1 unspecified atom stereocenters. The fourth-order valence-corrected chi connectivity index (χ4v) is 4.89. The second-order valence-electron chi connectivity index (χ2n) is 8.63. The second-order valence-corrected chi connectivity index (χ2v) is 8.63. The van der Waals surface area contributed by atoms with Crippen LogP contribution in [0.4, 0.5) is 9.18 Å². The number of H-pyrrole nitrogens is 1. The summed E-state index contributed by atoms with van der Waals surface area (Å²) in [5.74, 6) is -1.17. The van der Waals surface area contributed by atoms with Crippen LogP contribution in [0, 0.1) is 11.7 Å². The molecule has 7 heteroatoms. The molecule has 0 bridgehead atoms. The highest BCUT2D eigenvalue weighted by Gasteiger charge is 2.31. The minimum Gasteiger partial charge on any atom is -0.404 e. The lowest BCUT2D eigenvalue weighted by molar-refractivity contribution is -0.116. The molecule has 1 aliphatic heterocycles. The van der Waals surface area contributed by atoms with Crippen molar-refractivity contribution in [3.63, 3.8) is 0 Å². The number of hydrogen-bond donors (Lipinski definition) is 2. The Hall–Kier alpha value is -3.74. The molecule has 2 heterocycles. The predicted molar refractivity (Wildman–Crippen MR) is 122 cm³/mol. The molecule has 2 aromatic carbocycles. The number of hydrogen-bond acceptors (Lipinski definition) is 4. The first-order valence-corrected chi connectivity index (χ1v) is 11.2. The van der Waals surface area contributed by atoms with Gasteiger partial charge in [0.15, 0.2) is 5.76 Å². The van der Waals surface area contributed by atoms with Crippen LogP contribution < -0.4 is 10.9 Å². The molecule has 1 atom stereocenters. The zero-order valence-corrected chi connectivity index (χ0v) is 17.9. The number of pyridine rings is 1. The summed E-state index contributed by atoms with van der Waals surface area (Å²) >= 11 is 0. The highest BCUT2D eigenvalue weighted by atomic mass is 19.1. The molecule has 1 saturated carbocycles. The zero-order chi connectivity index (χ0) is 22.9. The Morgan fingerprint density at radius 3 is 2.55 bits per heavy atom. The van der Waals surface area contributed by atoms with E-state index in [1.807, 2.05) is 18.2 Å². The highest BCUT2D eigenvalue weighted by Crippen LogP contribution is 2.37. The molecular formula is C26H23FN2O4. The topological polar surface area (TPSA) is 88.3 Å². The molecular weight excluding hydrogens is 423 g/mol. The number of aromatic amines is 1. The fourth-order valence-electron chi connectivity index (χ4n) is 4.89. The number of carbonyl (C=O) groups is 2. The number of ether oxygens (including phenoxy) is 1. The molecule has 2 N–H and O–H groups in total. The van der Waals surface area contributed by atoms with E-state index in [0.29, 0.717) is 22.2 Å². The average Bonchev–Trinajstić information content (AvgIpc) is 3.15. The van der Waals surface area contributed by atoms with E-state index in [4.69, 9.17) is 4.74 Å². The third kappa shape index (κ3) is 4.18. The normalized spacial score (nSPS) is 19.0. The summed E-state index contributed by atoms with van der Waals surface area (Å²) in [4.78, 5) is 39.6. The van der Waals surface area contributed by atoms with Gasteiger partial charge in [-0.05, 0) is 54.0 Å². The number of fused-ring (bicyclic) bond motifs is 1. The maximum atomic E-state index is 14.2. The number of amides is 2. The number of halogens is 1. The number of rotatable bonds is 4. The van der Waals surface area contributed by atoms with Crippen LogP contribution in [0.25, 0.3) is 22.0 Å². The van der Waals surface area contributed by atoms with Gasteiger partial charge >= 0.3 is 6.09 Å². The number of aromatic nitrogens is 1. The third-order valence-corrected chi connectivity index (χ3v) is 6.57. The summed E-state index contributed by atoms with van der Waals surface area (Å²) in [6.07, 6.45) is 5.89. The van der Waals surface area contributed by atoms with Gasteiger partial charge in [-0.1, -0.05) is 49.6 Å². The maximum Gasteiger partial charge on any atom is 0.419 e. The van der Waals surface area contributed by atoms with Crippen LogP contribution in [-0.4, -0.2) is 17.0 Å². The molecule has 6 nitrogen and oxygen atoms in total. The Balaban J connectivity index is 1.53. The molecule has 1 aromatic heterocycles. The van der Waals surface area contributed by atoms with Gasteiger partial charge in [-0.2, -0.15) is 0 Å². The lowest BCUT2D eigenvalue weighted by atomic mass is 9.76. The number of carbonyl (C=O) groups excluding carboxylic acids is 2. The van der Waals surface area contributed by atoms with Crippen LogP contribution in [0.15, 0.2) is 65.2 Å². The van der Waals surface area contributed by atoms with Crippen molar-refractivity contribution >= 4 is 22.8 Å². The summed E-state index contributed by atoms with van der Waals surface area (Å²) in [6.45, 7) is 0. The molecule has 2 fully saturated rings. The average molecular weight is 446 g/mol. The number of allylic oxidation sites excluding steroid dienone is 1. The van der Waals surface area contributed by atoms with Gasteiger partial charge in [-0.15, -0.1) is 0 Å². The molecule has 1 aliphatic carbocycles. The fraction of sp³-hybridized carbons (Fsp3) is 0.269. The number of cyclic esters (lactones) is 1. The Kier molecular flexibility index (Phi) is 5.54. The van der Waals surface area contributed by atoms with Gasteiger partial charge in [-0.3, -0.25) is 14.9 Å². The monoisotopic (exact) mass is 446 g/mol. The van der Waals surface area contributed by atoms with Crippen molar-refractivity contribution in [2.24, 2.45) is 5.92 Å².